The number of hydrogen-bond donors (Lipinski definition) is 2. The van der Waals surface area contributed by atoms with E-state index in [2.05, 4.69) is 10.3 Å². The summed E-state index contributed by atoms with van der Waals surface area (Å²) in [4.78, 5) is 31.3. The van der Waals surface area contributed by atoms with Crippen molar-refractivity contribution < 1.29 is 9.53 Å². The molecule has 2 N–H and O–H groups in total. The number of ether oxygens (including phenoxy) is 1. The summed E-state index contributed by atoms with van der Waals surface area (Å²) in [5.41, 5.74) is 1.44. The third-order valence-corrected chi connectivity index (χ3v) is 6.01. The molecule has 2 heterocycles. The quantitative estimate of drug-likeness (QED) is 0.405. The van der Waals surface area contributed by atoms with Crippen molar-refractivity contribution in [2.24, 2.45) is 0 Å². The Morgan fingerprint density at radius 1 is 1.13 bits per heavy atom. The van der Waals surface area contributed by atoms with Gasteiger partial charge in [0.25, 0.3) is 5.56 Å². The van der Waals surface area contributed by atoms with Gasteiger partial charge in [-0.15, -0.1) is 11.3 Å². The average molecular weight is 454 g/mol. The molecule has 2 amide bonds. The molecule has 0 bridgehead atoms. The highest BCUT2D eigenvalue weighted by Crippen LogP contribution is 2.23. The van der Waals surface area contributed by atoms with Crippen LogP contribution in [0.3, 0.4) is 0 Å². The van der Waals surface area contributed by atoms with Gasteiger partial charge in [0.15, 0.2) is 0 Å². The summed E-state index contributed by atoms with van der Waals surface area (Å²) in [6.07, 6.45) is 0. The van der Waals surface area contributed by atoms with Gasteiger partial charge in [0, 0.05) is 16.5 Å². The second-order valence-electron chi connectivity index (χ2n) is 6.92. The molecule has 4 rings (SSSR count). The Bertz CT molecular complexity index is 1270. The predicted octanol–water partition coefficient (Wildman–Crippen LogP) is 5.49. The van der Waals surface area contributed by atoms with Crippen LogP contribution in [0.2, 0.25) is 5.02 Å². The van der Waals surface area contributed by atoms with Crippen molar-refractivity contribution in [3.63, 3.8) is 0 Å². The molecule has 31 heavy (non-hydrogen) atoms. The molecule has 0 aliphatic heterocycles. The number of amides is 2. The van der Waals surface area contributed by atoms with Gasteiger partial charge in [-0.1, -0.05) is 29.8 Å². The predicted molar refractivity (Wildman–Crippen MR) is 125 cm³/mol. The van der Waals surface area contributed by atoms with Crippen LogP contribution in [-0.2, 0) is 13.1 Å². The van der Waals surface area contributed by atoms with Crippen LogP contribution in [0.25, 0.3) is 10.9 Å². The first-order valence-electron chi connectivity index (χ1n) is 9.56. The number of halogens is 1. The third-order valence-electron chi connectivity index (χ3n) is 4.82. The maximum atomic E-state index is 13.1. The van der Waals surface area contributed by atoms with E-state index < -0.39 is 0 Å². The van der Waals surface area contributed by atoms with Crippen molar-refractivity contribution in [1.29, 1.82) is 0 Å². The molecule has 0 aliphatic rings. The van der Waals surface area contributed by atoms with Crippen LogP contribution in [-0.4, -0.2) is 23.0 Å². The van der Waals surface area contributed by atoms with E-state index >= 15 is 0 Å². The fourth-order valence-corrected chi connectivity index (χ4v) is 4.12. The number of thiophene rings is 1. The number of carbonyl (C=O) groups is 1. The molecule has 2 aromatic carbocycles. The molecule has 0 saturated carbocycles. The van der Waals surface area contributed by atoms with Crippen LogP contribution in [0.5, 0.6) is 5.75 Å². The van der Waals surface area contributed by atoms with E-state index in [0.29, 0.717) is 34.1 Å². The van der Waals surface area contributed by atoms with Gasteiger partial charge < -0.3 is 19.9 Å². The lowest BCUT2D eigenvalue weighted by Gasteiger charge is -2.23. The Kier molecular flexibility index (Phi) is 6.25. The van der Waals surface area contributed by atoms with Gasteiger partial charge in [-0.3, -0.25) is 4.79 Å². The van der Waals surface area contributed by atoms with Crippen molar-refractivity contribution in [3.05, 3.63) is 91.9 Å². The maximum Gasteiger partial charge on any atom is 0.322 e. The van der Waals surface area contributed by atoms with Crippen molar-refractivity contribution in [2.75, 3.05) is 12.4 Å². The van der Waals surface area contributed by atoms with Crippen molar-refractivity contribution in [2.45, 2.75) is 13.1 Å². The number of methoxy groups -OCH3 is 1. The van der Waals surface area contributed by atoms with E-state index in [1.807, 2.05) is 29.6 Å². The number of nitrogens with one attached hydrogen (secondary N) is 2. The largest absolute Gasteiger partial charge is 0.497 e. The first-order valence-corrected chi connectivity index (χ1v) is 10.8. The van der Waals surface area contributed by atoms with E-state index in [4.69, 9.17) is 16.3 Å². The van der Waals surface area contributed by atoms with Crippen molar-refractivity contribution in [3.8, 4) is 5.75 Å². The molecule has 0 spiro atoms. The number of aromatic amines is 1. The van der Waals surface area contributed by atoms with Crippen LogP contribution >= 0.6 is 22.9 Å². The zero-order valence-corrected chi connectivity index (χ0v) is 18.3. The molecule has 0 fully saturated rings. The second kappa shape index (κ2) is 9.24. The Balaban J connectivity index is 1.64. The van der Waals surface area contributed by atoms with Gasteiger partial charge in [-0.05, 0) is 47.2 Å². The number of para-hydroxylation sites is 1. The molecule has 0 atom stereocenters. The number of aromatic nitrogens is 1. The van der Waals surface area contributed by atoms with Gasteiger partial charge in [-0.2, -0.15) is 0 Å². The standard InChI is InChI=1S/C23H20ClN3O3S/c1-30-17-9-8-15-11-16(22(28)25-21(15)12-17)13-27(14-18-5-4-10-31-18)23(29)26-20-7-3-2-6-19(20)24/h2-12H,13-14H2,1H3,(H,25,28)(H,26,29). The highest BCUT2D eigenvalue weighted by Gasteiger charge is 2.18. The first-order chi connectivity index (χ1) is 15.0. The zero-order chi connectivity index (χ0) is 21.8. The SMILES string of the molecule is COc1ccc2cc(CN(Cc3cccs3)C(=O)Nc3ccccc3Cl)c(=O)[nH]c2c1. The van der Waals surface area contributed by atoms with Crippen molar-refractivity contribution >= 4 is 45.6 Å². The number of rotatable bonds is 6. The lowest BCUT2D eigenvalue weighted by atomic mass is 10.1. The molecule has 0 saturated heterocycles. The second-order valence-corrected chi connectivity index (χ2v) is 8.36. The smallest absolute Gasteiger partial charge is 0.322 e. The summed E-state index contributed by atoms with van der Waals surface area (Å²) in [7, 11) is 1.58. The van der Waals surface area contributed by atoms with Gasteiger partial charge in [0.05, 0.1) is 36.4 Å². The highest BCUT2D eigenvalue weighted by molar-refractivity contribution is 7.09. The van der Waals surface area contributed by atoms with Crippen LogP contribution in [0.1, 0.15) is 10.4 Å². The topological polar surface area (TPSA) is 74.4 Å². The number of hydrogen-bond acceptors (Lipinski definition) is 4. The molecule has 0 radical (unpaired) electrons. The highest BCUT2D eigenvalue weighted by atomic mass is 35.5. The number of benzene rings is 2. The normalized spacial score (nSPS) is 10.8. The van der Waals surface area contributed by atoms with Crippen LogP contribution in [0.4, 0.5) is 10.5 Å². The summed E-state index contributed by atoms with van der Waals surface area (Å²) in [5.74, 6) is 0.661. The first kappa shape index (κ1) is 21.0. The number of nitrogens with zero attached hydrogens (tertiary/aromatic N) is 1. The minimum atomic E-state index is -0.337. The summed E-state index contributed by atoms with van der Waals surface area (Å²) in [6, 6.07) is 17.9. The molecule has 2 aromatic heterocycles. The van der Waals surface area contributed by atoms with E-state index in [1.165, 1.54) is 0 Å². The number of pyridine rings is 1. The minimum absolute atomic E-state index is 0.144. The van der Waals surface area contributed by atoms with E-state index in [9.17, 15) is 9.59 Å². The van der Waals surface area contributed by atoms with Gasteiger partial charge >= 0.3 is 6.03 Å². The van der Waals surface area contributed by atoms with Crippen LogP contribution in [0, 0.1) is 0 Å². The molecule has 0 aliphatic carbocycles. The lowest BCUT2D eigenvalue weighted by molar-refractivity contribution is 0.207. The molecular weight excluding hydrogens is 434 g/mol. The zero-order valence-electron chi connectivity index (χ0n) is 16.7. The Hall–Kier alpha value is -3.29. The third kappa shape index (κ3) is 4.90. The number of anilines is 1. The number of fused-ring (bicyclic) bond motifs is 1. The summed E-state index contributed by atoms with van der Waals surface area (Å²) in [6.45, 7) is 0.513. The summed E-state index contributed by atoms with van der Waals surface area (Å²) in [5, 5.41) is 6.11. The number of H-pyrrole nitrogens is 1. The van der Waals surface area contributed by atoms with Crippen molar-refractivity contribution in [1.82, 2.24) is 9.88 Å². The molecular formula is C23H20ClN3O3S. The van der Waals surface area contributed by atoms with E-state index in [1.54, 1.807) is 59.7 Å². The van der Waals surface area contributed by atoms with Crippen LogP contribution < -0.4 is 15.6 Å². The lowest BCUT2D eigenvalue weighted by Crippen LogP contribution is -2.35. The number of urea groups is 1. The minimum Gasteiger partial charge on any atom is -0.497 e. The Labute approximate surface area is 188 Å². The molecule has 8 heteroatoms. The summed E-state index contributed by atoms with van der Waals surface area (Å²) < 4.78 is 5.22. The fourth-order valence-electron chi connectivity index (χ4n) is 3.22. The van der Waals surface area contributed by atoms with Gasteiger partial charge in [-0.25, -0.2) is 4.79 Å². The maximum absolute atomic E-state index is 13.1. The number of carbonyl (C=O) groups excluding carboxylic acids is 1. The average Bonchev–Trinajstić information content (AvgIpc) is 3.28. The van der Waals surface area contributed by atoms with E-state index in [-0.39, 0.29) is 18.1 Å². The monoisotopic (exact) mass is 453 g/mol. The fraction of sp³-hybridized carbons (Fsp3) is 0.130. The Morgan fingerprint density at radius 3 is 2.71 bits per heavy atom. The molecule has 0 unspecified atom stereocenters. The molecule has 4 aromatic rings. The molecule has 158 valence electrons. The van der Waals surface area contributed by atoms with Gasteiger partial charge in [0.2, 0.25) is 0 Å². The van der Waals surface area contributed by atoms with Gasteiger partial charge in [0.1, 0.15) is 5.75 Å². The summed E-state index contributed by atoms with van der Waals surface area (Å²) >= 11 is 7.75. The van der Waals surface area contributed by atoms with Crippen LogP contribution in [0.15, 0.2) is 70.8 Å². The Morgan fingerprint density at radius 2 is 1.97 bits per heavy atom. The van der Waals surface area contributed by atoms with E-state index in [0.717, 1.165) is 10.3 Å². The molecule has 6 nitrogen and oxygen atoms in total.